The zero-order valence-corrected chi connectivity index (χ0v) is 12.1. The van der Waals surface area contributed by atoms with E-state index in [1.165, 1.54) is 6.92 Å². The summed E-state index contributed by atoms with van der Waals surface area (Å²) < 4.78 is 5.15. The molecule has 5 heteroatoms. The molecule has 1 amide bonds. The molecular formula is C17H16NO4-. The summed E-state index contributed by atoms with van der Waals surface area (Å²) in [6.45, 7) is 1.83. The van der Waals surface area contributed by atoms with Gasteiger partial charge in [-0.25, -0.2) is 0 Å². The Hall–Kier alpha value is -2.82. The Labute approximate surface area is 128 Å². The molecule has 0 aliphatic carbocycles. The third-order valence-corrected chi connectivity index (χ3v) is 3.06. The Balaban J connectivity index is 1.92. The van der Waals surface area contributed by atoms with Gasteiger partial charge in [-0.3, -0.25) is 4.79 Å². The van der Waals surface area contributed by atoms with E-state index in [4.69, 9.17) is 4.74 Å². The number of aliphatic carboxylic acids is 1. The fourth-order valence-corrected chi connectivity index (χ4v) is 1.82. The number of ether oxygens (including phenoxy) is 1. The van der Waals surface area contributed by atoms with Crippen molar-refractivity contribution >= 4 is 11.9 Å². The first kappa shape index (κ1) is 15.6. The van der Waals surface area contributed by atoms with E-state index in [-0.39, 0.29) is 5.91 Å². The van der Waals surface area contributed by atoms with Crippen LogP contribution in [0.5, 0.6) is 5.75 Å². The van der Waals surface area contributed by atoms with Crippen molar-refractivity contribution in [2.75, 3.05) is 0 Å². The standard InChI is InChI=1S/C17H17NO4/c1-12(17(20)21)22-15-9-7-14(8-10-15)16(19)18-11-13-5-3-2-4-6-13/h2-10,12H,11H2,1H3,(H,18,19)(H,20,21)/p-1/t12-/m0/s1. The normalized spacial score (nSPS) is 11.5. The van der Waals surface area contributed by atoms with Crippen LogP contribution < -0.4 is 15.2 Å². The number of nitrogens with one attached hydrogen (secondary N) is 1. The molecule has 114 valence electrons. The van der Waals surface area contributed by atoms with Gasteiger partial charge in [0.2, 0.25) is 0 Å². The molecule has 5 nitrogen and oxygen atoms in total. The van der Waals surface area contributed by atoms with Crippen molar-refractivity contribution < 1.29 is 19.4 Å². The van der Waals surface area contributed by atoms with E-state index >= 15 is 0 Å². The molecule has 1 atom stereocenters. The van der Waals surface area contributed by atoms with Crippen LogP contribution in [0.1, 0.15) is 22.8 Å². The molecule has 0 saturated heterocycles. The monoisotopic (exact) mass is 298 g/mol. The minimum absolute atomic E-state index is 0.205. The lowest BCUT2D eigenvalue weighted by molar-refractivity contribution is -0.312. The predicted molar refractivity (Wildman–Crippen MR) is 79.2 cm³/mol. The zero-order valence-electron chi connectivity index (χ0n) is 12.1. The van der Waals surface area contributed by atoms with Gasteiger partial charge in [-0.05, 0) is 36.8 Å². The van der Waals surface area contributed by atoms with E-state index < -0.39 is 12.1 Å². The van der Waals surface area contributed by atoms with Gasteiger partial charge in [0, 0.05) is 12.1 Å². The van der Waals surface area contributed by atoms with Crippen LogP contribution in [0.15, 0.2) is 54.6 Å². The molecule has 0 unspecified atom stereocenters. The van der Waals surface area contributed by atoms with E-state index in [9.17, 15) is 14.7 Å². The van der Waals surface area contributed by atoms with Gasteiger partial charge in [0.25, 0.3) is 5.91 Å². The van der Waals surface area contributed by atoms with Crippen LogP contribution in [0.4, 0.5) is 0 Å². The first-order valence-corrected chi connectivity index (χ1v) is 6.86. The fraction of sp³-hybridized carbons (Fsp3) is 0.176. The molecule has 0 heterocycles. The summed E-state index contributed by atoms with van der Waals surface area (Å²) in [5, 5.41) is 13.4. The summed E-state index contributed by atoms with van der Waals surface area (Å²) in [5.41, 5.74) is 1.49. The van der Waals surface area contributed by atoms with Gasteiger partial charge in [0.15, 0.2) is 0 Å². The van der Waals surface area contributed by atoms with Gasteiger partial charge in [0.1, 0.15) is 11.9 Å². The van der Waals surface area contributed by atoms with Crippen molar-refractivity contribution in [3.05, 3.63) is 65.7 Å². The molecule has 0 aromatic heterocycles. The fourth-order valence-electron chi connectivity index (χ4n) is 1.82. The summed E-state index contributed by atoms with van der Waals surface area (Å²) in [7, 11) is 0. The van der Waals surface area contributed by atoms with Crippen LogP contribution in [0.3, 0.4) is 0 Å². The highest BCUT2D eigenvalue weighted by Crippen LogP contribution is 2.14. The number of carboxylic acid groups (broad SMARTS) is 1. The van der Waals surface area contributed by atoms with E-state index in [0.29, 0.717) is 17.9 Å². The summed E-state index contributed by atoms with van der Waals surface area (Å²) in [5.74, 6) is -1.12. The van der Waals surface area contributed by atoms with Crippen molar-refractivity contribution in [1.29, 1.82) is 0 Å². The van der Waals surface area contributed by atoms with Crippen LogP contribution in [0.25, 0.3) is 0 Å². The Kier molecular flexibility index (Phi) is 5.14. The number of amides is 1. The van der Waals surface area contributed by atoms with Gasteiger partial charge in [-0.1, -0.05) is 30.3 Å². The lowest BCUT2D eigenvalue weighted by Crippen LogP contribution is -2.37. The molecular weight excluding hydrogens is 282 g/mol. The summed E-state index contributed by atoms with van der Waals surface area (Å²) in [4.78, 5) is 22.6. The number of carbonyl (C=O) groups is 2. The highest BCUT2D eigenvalue weighted by atomic mass is 16.5. The second-order valence-corrected chi connectivity index (χ2v) is 4.77. The highest BCUT2D eigenvalue weighted by Gasteiger charge is 2.08. The van der Waals surface area contributed by atoms with Crippen molar-refractivity contribution in [1.82, 2.24) is 5.32 Å². The van der Waals surface area contributed by atoms with Crippen molar-refractivity contribution in [2.45, 2.75) is 19.6 Å². The maximum Gasteiger partial charge on any atom is 0.251 e. The molecule has 1 N–H and O–H groups in total. The average molecular weight is 298 g/mol. The Morgan fingerprint density at radius 1 is 1.09 bits per heavy atom. The molecule has 0 radical (unpaired) electrons. The Bertz CT molecular complexity index is 637. The minimum atomic E-state index is -1.29. The maximum atomic E-state index is 12.0. The third-order valence-electron chi connectivity index (χ3n) is 3.06. The number of carbonyl (C=O) groups excluding carboxylic acids is 2. The van der Waals surface area contributed by atoms with Crippen molar-refractivity contribution in [2.24, 2.45) is 0 Å². The van der Waals surface area contributed by atoms with Gasteiger partial charge in [-0.2, -0.15) is 0 Å². The topological polar surface area (TPSA) is 78.5 Å². The summed E-state index contributed by atoms with van der Waals surface area (Å²) in [6.07, 6.45) is -1.04. The lowest BCUT2D eigenvalue weighted by atomic mass is 10.2. The van der Waals surface area contributed by atoms with Gasteiger partial charge in [-0.15, -0.1) is 0 Å². The van der Waals surface area contributed by atoms with E-state index in [1.54, 1.807) is 24.3 Å². The Morgan fingerprint density at radius 2 is 1.73 bits per heavy atom. The molecule has 0 spiro atoms. The SMILES string of the molecule is C[C@H](Oc1ccc(C(=O)NCc2ccccc2)cc1)C(=O)[O-]. The third kappa shape index (κ3) is 4.34. The molecule has 0 aliphatic rings. The van der Waals surface area contributed by atoms with E-state index in [1.807, 2.05) is 30.3 Å². The van der Waals surface area contributed by atoms with Crippen LogP contribution in [-0.2, 0) is 11.3 Å². The maximum absolute atomic E-state index is 12.0. The van der Waals surface area contributed by atoms with Crippen LogP contribution in [0, 0.1) is 0 Å². The molecule has 2 aromatic rings. The molecule has 0 fully saturated rings. The molecule has 0 saturated carbocycles. The molecule has 0 aliphatic heterocycles. The van der Waals surface area contributed by atoms with Gasteiger partial charge >= 0.3 is 0 Å². The number of rotatable bonds is 6. The second-order valence-electron chi connectivity index (χ2n) is 4.77. The van der Waals surface area contributed by atoms with E-state index in [2.05, 4.69) is 5.32 Å². The summed E-state index contributed by atoms with van der Waals surface area (Å²) >= 11 is 0. The molecule has 22 heavy (non-hydrogen) atoms. The van der Waals surface area contributed by atoms with Crippen LogP contribution in [0.2, 0.25) is 0 Å². The van der Waals surface area contributed by atoms with Crippen molar-refractivity contribution in [3.63, 3.8) is 0 Å². The smallest absolute Gasteiger partial charge is 0.251 e. The van der Waals surface area contributed by atoms with Crippen LogP contribution in [-0.4, -0.2) is 18.0 Å². The van der Waals surface area contributed by atoms with E-state index in [0.717, 1.165) is 5.56 Å². The molecule has 2 rings (SSSR count). The number of hydrogen-bond donors (Lipinski definition) is 1. The molecule has 2 aromatic carbocycles. The Morgan fingerprint density at radius 3 is 2.32 bits per heavy atom. The first-order valence-electron chi connectivity index (χ1n) is 6.86. The number of hydrogen-bond acceptors (Lipinski definition) is 4. The lowest BCUT2D eigenvalue weighted by Gasteiger charge is -2.15. The highest BCUT2D eigenvalue weighted by molar-refractivity contribution is 5.94. The predicted octanol–water partition coefficient (Wildman–Crippen LogP) is 1.13. The number of benzene rings is 2. The average Bonchev–Trinajstić information content (AvgIpc) is 2.54. The van der Waals surface area contributed by atoms with Crippen LogP contribution >= 0.6 is 0 Å². The zero-order chi connectivity index (χ0) is 15.9. The molecule has 0 bridgehead atoms. The summed E-state index contributed by atoms with van der Waals surface area (Å²) in [6, 6.07) is 15.9. The first-order chi connectivity index (χ1) is 10.6. The van der Waals surface area contributed by atoms with Gasteiger partial charge < -0.3 is 20.0 Å². The second kappa shape index (κ2) is 7.26. The number of carboxylic acids is 1. The van der Waals surface area contributed by atoms with Crippen molar-refractivity contribution in [3.8, 4) is 5.75 Å². The largest absolute Gasteiger partial charge is 0.546 e. The minimum Gasteiger partial charge on any atom is -0.546 e. The quantitative estimate of drug-likeness (QED) is 0.867. The van der Waals surface area contributed by atoms with Gasteiger partial charge in [0.05, 0.1) is 5.97 Å².